The molecule has 2 nitrogen and oxygen atoms in total. The first kappa shape index (κ1) is 11.2. The average Bonchev–Trinajstić information content (AvgIpc) is 2.02. The quantitative estimate of drug-likeness (QED) is 0.445. The van der Waals surface area contributed by atoms with E-state index in [9.17, 15) is 4.79 Å². The molecular weight excluding hydrogens is 255 g/mol. The zero-order valence-electron chi connectivity index (χ0n) is 7.26. The lowest BCUT2D eigenvalue weighted by atomic mass is 10.2. The largest absolute Gasteiger partial charge is 0.462 e. The molecule has 2 unspecified atom stereocenters. The molecule has 0 N–H and O–H groups in total. The van der Waals surface area contributed by atoms with Crippen LogP contribution in [0, 0.1) is 5.92 Å². The summed E-state index contributed by atoms with van der Waals surface area (Å²) in [6.45, 7) is 5.81. The van der Waals surface area contributed by atoms with E-state index in [0.29, 0.717) is 0 Å². The number of carbonyl (C=O) groups excluding carboxylic acids is 1. The Balaban J connectivity index is 3.68. The summed E-state index contributed by atoms with van der Waals surface area (Å²) in [7, 11) is 0. The van der Waals surface area contributed by atoms with Crippen molar-refractivity contribution in [2.45, 2.75) is 33.3 Å². The molecule has 0 aromatic rings. The van der Waals surface area contributed by atoms with Crippen molar-refractivity contribution in [1.29, 1.82) is 0 Å². The molecule has 0 radical (unpaired) electrons. The van der Waals surface area contributed by atoms with Gasteiger partial charge in [-0.15, -0.1) is 0 Å². The normalized spacial score (nSPS) is 15.6. The summed E-state index contributed by atoms with van der Waals surface area (Å²) in [4.78, 5) is 11.1. The first-order chi connectivity index (χ1) is 5.11. The van der Waals surface area contributed by atoms with Crippen molar-refractivity contribution in [2.75, 3.05) is 4.43 Å². The Labute approximate surface area is 81.8 Å². The Kier molecular flexibility index (Phi) is 5.91. The number of rotatable bonds is 4. The van der Waals surface area contributed by atoms with Crippen molar-refractivity contribution in [3.63, 3.8) is 0 Å². The highest BCUT2D eigenvalue weighted by molar-refractivity contribution is 14.1. The Hall–Kier alpha value is 0.200. The van der Waals surface area contributed by atoms with Crippen LogP contribution in [0.3, 0.4) is 0 Å². The summed E-state index contributed by atoms with van der Waals surface area (Å²) in [5.41, 5.74) is 0. The number of hydrogen-bond donors (Lipinski definition) is 0. The van der Waals surface area contributed by atoms with E-state index in [2.05, 4.69) is 22.6 Å². The molecule has 3 heteroatoms. The summed E-state index contributed by atoms with van der Waals surface area (Å²) < 4.78 is 5.93. The van der Waals surface area contributed by atoms with Gasteiger partial charge in [0.25, 0.3) is 0 Å². The van der Waals surface area contributed by atoms with Crippen LogP contribution in [0.1, 0.15) is 27.2 Å². The Morgan fingerprint density at radius 3 is 2.45 bits per heavy atom. The Morgan fingerprint density at radius 2 is 2.09 bits per heavy atom. The van der Waals surface area contributed by atoms with Crippen molar-refractivity contribution in [3.05, 3.63) is 0 Å². The second kappa shape index (κ2) is 5.80. The van der Waals surface area contributed by atoms with Crippen molar-refractivity contribution >= 4 is 28.6 Å². The highest BCUT2D eigenvalue weighted by Crippen LogP contribution is 2.06. The first-order valence-electron chi connectivity index (χ1n) is 3.88. The van der Waals surface area contributed by atoms with Crippen molar-refractivity contribution in [1.82, 2.24) is 0 Å². The average molecular weight is 270 g/mol. The maximum atomic E-state index is 11.1. The van der Waals surface area contributed by atoms with E-state index < -0.39 is 0 Å². The number of alkyl halides is 1. The van der Waals surface area contributed by atoms with Crippen LogP contribution in [0.4, 0.5) is 0 Å². The third-order valence-corrected chi connectivity index (χ3v) is 2.85. The van der Waals surface area contributed by atoms with Gasteiger partial charge in [-0.1, -0.05) is 36.4 Å². The zero-order valence-corrected chi connectivity index (χ0v) is 9.42. The SMILES string of the molecule is CCC(C)OC(=O)C(C)CI. The van der Waals surface area contributed by atoms with Gasteiger partial charge in [0, 0.05) is 4.43 Å². The summed E-state index contributed by atoms with van der Waals surface area (Å²) in [5.74, 6) is -0.0432. The van der Waals surface area contributed by atoms with Gasteiger partial charge in [-0.05, 0) is 13.3 Å². The van der Waals surface area contributed by atoms with Gasteiger partial charge in [0.05, 0.1) is 12.0 Å². The molecule has 66 valence electrons. The molecule has 0 rings (SSSR count). The number of hydrogen-bond acceptors (Lipinski definition) is 2. The fourth-order valence-electron chi connectivity index (χ4n) is 0.461. The van der Waals surface area contributed by atoms with Crippen molar-refractivity contribution in [3.8, 4) is 0 Å². The van der Waals surface area contributed by atoms with Crippen LogP contribution in [-0.2, 0) is 9.53 Å². The predicted octanol–water partition coefficient (Wildman–Crippen LogP) is 2.40. The van der Waals surface area contributed by atoms with E-state index in [4.69, 9.17) is 4.74 Å². The fraction of sp³-hybridized carbons (Fsp3) is 0.875. The van der Waals surface area contributed by atoms with Crippen LogP contribution in [0.5, 0.6) is 0 Å². The van der Waals surface area contributed by atoms with E-state index in [0.717, 1.165) is 10.8 Å². The lowest BCUT2D eigenvalue weighted by Gasteiger charge is -2.13. The van der Waals surface area contributed by atoms with E-state index in [-0.39, 0.29) is 18.0 Å². The minimum Gasteiger partial charge on any atom is -0.462 e. The summed E-state index contributed by atoms with van der Waals surface area (Å²) in [6, 6.07) is 0. The monoisotopic (exact) mass is 270 g/mol. The van der Waals surface area contributed by atoms with Gasteiger partial charge in [-0.2, -0.15) is 0 Å². The van der Waals surface area contributed by atoms with Crippen molar-refractivity contribution in [2.24, 2.45) is 5.92 Å². The van der Waals surface area contributed by atoms with Gasteiger partial charge >= 0.3 is 5.97 Å². The lowest BCUT2D eigenvalue weighted by molar-refractivity contribution is -0.151. The van der Waals surface area contributed by atoms with E-state index in [1.54, 1.807) is 0 Å². The molecule has 0 saturated carbocycles. The van der Waals surface area contributed by atoms with E-state index in [1.165, 1.54) is 0 Å². The maximum absolute atomic E-state index is 11.1. The summed E-state index contributed by atoms with van der Waals surface area (Å²) in [6.07, 6.45) is 0.951. The topological polar surface area (TPSA) is 26.3 Å². The number of esters is 1. The van der Waals surface area contributed by atoms with Crippen LogP contribution < -0.4 is 0 Å². The first-order valence-corrected chi connectivity index (χ1v) is 5.40. The lowest BCUT2D eigenvalue weighted by Crippen LogP contribution is -2.20. The van der Waals surface area contributed by atoms with Gasteiger partial charge in [-0.3, -0.25) is 4.79 Å². The predicted molar refractivity (Wildman–Crippen MR) is 53.9 cm³/mol. The molecule has 0 saturated heterocycles. The van der Waals surface area contributed by atoms with Crippen LogP contribution in [0.15, 0.2) is 0 Å². The van der Waals surface area contributed by atoms with Gasteiger partial charge in [-0.25, -0.2) is 0 Å². The van der Waals surface area contributed by atoms with Gasteiger partial charge < -0.3 is 4.74 Å². The molecule has 0 amide bonds. The molecule has 0 aromatic carbocycles. The van der Waals surface area contributed by atoms with Crippen LogP contribution in [0.2, 0.25) is 0 Å². The van der Waals surface area contributed by atoms with E-state index >= 15 is 0 Å². The smallest absolute Gasteiger partial charge is 0.309 e. The molecule has 0 bridgehead atoms. The highest BCUT2D eigenvalue weighted by atomic mass is 127. The molecule has 0 heterocycles. The van der Waals surface area contributed by atoms with Crippen LogP contribution in [0.25, 0.3) is 0 Å². The molecule has 0 aliphatic carbocycles. The second-order valence-corrected chi connectivity index (χ2v) is 3.59. The standard InChI is InChI=1S/C8H15IO2/c1-4-7(3)11-8(10)6(2)5-9/h6-7H,4-5H2,1-3H3. The van der Waals surface area contributed by atoms with Crippen LogP contribution in [-0.4, -0.2) is 16.5 Å². The molecule has 0 aromatic heterocycles. The molecular formula is C8H15IO2. The third-order valence-electron chi connectivity index (χ3n) is 1.53. The fourth-order valence-corrected chi connectivity index (χ4v) is 0.820. The second-order valence-electron chi connectivity index (χ2n) is 2.71. The van der Waals surface area contributed by atoms with Gasteiger partial charge in [0.15, 0.2) is 0 Å². The number of ether oxygens (including phenoxy) is 1. The number of halogens is 1. The Morgan fingerprint density at radius 1 is 1.55 bits per heavy atom. The molecule has 2 atom stereocenters. The minimum atomic E-state index is -0.0752. The third kappa shape index (κ3) is 4.61. The molecule has 0 aliphatic heterocycles. The maximum Gasteiger partial charge on any atom is 0.309 e. The summed E-state index contributed by atoms with van der Waals surface area (Å²) in [5, 5.41) is 0. The molecule has 0 fully saturated rings. The minimum absolute atomic E-state index is 0.0320. The van der Waals surface area contributed by atoms with E-state index in [1.807, 2.05) is 20.8 Å². The van der Waals surface area contributed by atoms with Gasteiger partial charge in [0.1, 0.15) is 0 Å². The Bertz CT molecular complexity index is 125. The van der Waals surface area contributed by atoms with Crippen molar-refractivity contribution < 1.29 is 9.53 Å². The van der Waals surface area contributed by atoms with Gasteiger partial charge in [0.2, 0.25) is 0 Å². The molecule has 11 heavy (non-hydrogen) atoms. The number of carbonyl (C=O) groups is 1. The highest BCUT2D eigenvalue weighted by Gasteiger charge is 2.14. The molecule has 0 spiro atoms. The summed E-state index contributed by atoms with van der Waals surface area (Å²) >= 11 is 2.19. The zero-order chi connectivity index (χ0) is 8.85. The van der Waals surface area contributed by atoms with Crippen LogP contribution >= 0.6 is 22.6 Å². The molecule has 0 aliphatic rings.